The van der Waals surface area contributed by atoms with E-state index in [4.69, 9.17) is 5.11 Å². The van der Waals surface area contributed by atoms with Crippen LogP contribution in [-0.2, 0) is 6.18 Å². The minimum absolute atomic E-state index is 0.224. The van der Waals surface area contributed by atoms with E-state index in [1.165, 1.54) is 18.2 Å². The molecule has 0 saturated heterocycles. The minimum atomic E-state index is -4.47. The molecule has 0 fully saturated rings. The molecule has 0 spiro atoms. The molecule has 2 N–H and O–H groups in total. The third-order valence-electron chi connectivity index (χ3n) is 2.75. The molecular formula is C14H9F3O3. The first-order valence-corrected chi connectivity index (χ1v) is 5.53. The molecular weight excluding hydrogens is 273 g/mol. The lowest BCUT2D eigenvalue weighted by atomic mass is 10.0. The Morgan fingerprint density at radius 3 is 2.25 bits per heavy atom. The lowest BCUT2D eigenvalue weighted by Gasteiger charge is -2.09. The van der Waals surface area contributed by atoms with Crippen LogP contribution in [0.4, 0.5) is 13.2 Å². The summed E-state index contributed by atoms with van der Waals surface area (Å²) in [4.78, 5) is 10.9. The van der Waals surface area contributed by atoms with Gasteiger partial charge in [0, 0.05) is 0 Å². The van der Waals surface area contributed by atoms with Crippen molar-refractivity contribution in [2.24, 2.45) is 0 Å². The third kappa shape index (κ3) is 2.74. The molecule has 3 nitrogen and oxygen atoms in total. The first-order valence-electron chi connectivity index (χ1n) is 5.53. The summed E-state index contributed by atoms with van der Waals surface area (Å²) < 4.78 is 37.9. The second-order valence-electron chi connectivity index (χ2n) is 4.12. The van der Waals surface area contributed by atoms with Crippen LogP contribution in [-0.4, -0.2) is 16.2 Å². The van der Waals surface area contributed by atoms with Crippen LogP contribution in [0.3, 0.4) is 0 Å². The zero-order valence-electron chi connectivity index (χ0n) is 9.98. The summed E-state index contributed by atoms with van der Waals surface area (Å²) in [6, 6.07) is 8.17. The Kier molecular flexibility index (Phi) is 3.40. The van der Waals surface area contributed by atoms with Gasteiger partial charge in [-0.25, -0.2) is 4.79 Å². The Balaban J connectivity index is 2.52. The molecule has 0 aliphatic heterocycles. The maximum atomic E-state index is 12.6. The molecule has 104 valence electrons. The molecule has 20 heavy (non-hydrogen) atoms. The average Bonchev–Trinajstić information content (AvgIpc) is 2.38. The quantitative estimate of drug-likeness (QED) is 0.881. The summed E-state index contributed by atoms with van der Waals surface area (Å²) in [5, 5.41) is 18.3. The number of hydrogen-bond donors (Lipinski definition) is 2. The predicted molar refractivity (Wildman–Crippen MR) is 65.5 cm³/mol. The second-order valence-corrected chi connectivity index (χ2v) is 4.12. The fourth-order valence-electron chi connectivity index (χ4n) is 1.76. The van der Waals surface area contributed by atoms with E-state index in [2.05, 4.69) is 0 Å². The van der Waals surface area contributed by atoms with Crippen LogP contribution in [0, 0.1) is 0 Å². The van der Waals surface area contributed by atoms with Gasteiger partial charge in [-0.1, -0.05) is 18.2 Å². The highest BCUT2D eigenvalue weighted by Crippen LogP contribution is 2.33. The van der Waals surface area contributed by atoms with Crippen LogP contribution in [0.25, 0.3) is 11.1 Å². The first-order chi connectivity index (χ1) is 9.29. The maximum Gasteiger partial charge on any atom is 0.416 e. The van der Waals surface area contributed by atoms with Crippen molar-refractivity contribution in [1.82, 2.24) is 0 Å². The van der Waals surface area contributed by atoms with Gasteiger partial charge in [0.1, 0.15) is 11.3 Å². The van der Waals surface area contributed by atoms with Crippen molar-refractivity contribution in [2.45, 2.75) is 6.18 Å². The van der Waals surface area contributed by atoms with Crippen LogP contribution in [0.1, 0.15) is 15.9 Å². The van der Waals surface area contributed by atoms with Gasteiger partial charge < -0.3 is 10.2 Å². The van der Waals surface area contributed by atoms with E-state index in [-0.39, 0.29) is 16.7 Å². The lowest BCUT2D eigenvalue weighted by molar-refractivity contribution is -0.137. The van der Waals surface area contributed by atoms with Crippen molar-refractivity contribution < 1.29 is 28.2 Å². The molecule has 0 saturated carbocycles. The SMILES string of the molecule is O=C(O)c1cc(-c2cccc(C(F)(F)F)c2)ccc1O. The Bertz CT molecular complexity index is 663. The van der Waals surface area contributed by atoms with Gasteiger partial charge in [-0.3, -0.25) is 0 Å². The predicted octanol–water partition coefficient (Wildman–Crippen LogP) is 3.78. The fraction of sp³-hybridized carbons (Fsp3) is 0.0714. The number of halogens is 3. The number of carboxylic acid groups (broad SMARTS) is 1. The van der Waals surface area contributed by atoms with Gasteiger partial charge in [0.2, 0.25) is 0 Å². The molecule has 0 radical (unpaired) electrons. The summed E-state index contributed by atoms with van der Waals surface area (Å²) in [7, 11) is 0. The standard InChI is InChI=1S/C14H9F3O3/c15-14(16,17)10-3-1-2-8(6-10)9-4-5-12(18)11(7-9)13(19)20/h1-7,18H,(H,19,20). The first kappa shape index (κ1) is 13.9. The Hall–Kier alpha value is -2.50. The molecule has 2 aromatic rings. The van der Waals surface area contributed by atoms with Crippen molar-refractivity contribution in [1.29, 1.82) is 0 Å². The number of aromatic carboxylic acids is 1. The van der Waals surface area contributed by atoms with Crippen molar-refractivity contribution in [3.05, 3.63) is 53.6 Å². The van der Waals surface area contributed by atoms with E-state index in [1.807, 2.05) is 0 Å². The molecule has 2 aromatic carbocycles. The maximum absolute atomic E-state index is 12.6. The average molecular weight is 282 g/mol. The molecule has 0 aliphatic carbocycles. The number of aromatic hydroxyl groups is 1. The topological polar surface area (TPSA) is 57.5 Å². The third-order valence-corrected chi connectivity index (χ3v) is 2.75. The van der Waals surface area contributed by atoms with Gasteiger partial charge >= 0.3 is 12.1 Å². The highest BCUT2D eigenvalue weighted by Gasteiger charge is 2.30. The van der Waals surface area contributed by atoms with E-state index < -0.39 is 23.5 Å². The van der Waals surface area contributed by atoms with Crippen molar-refractivity contribution >= 4 is 5.97 Å². The zero-order valence-corrected chi connectivity index (χ0v) is 9.98. The molecule has 0 aliphatic rings. The van der Waals surface area contributed by atoms with Gasteiger partial charge in [0.05, 0.1) is 5.56 Å². The van der Waals surface area contributed by atoms with Crippen LogP contribution < -0.4 is 0 Å². The van der Waals surface area contributed by atoms with E-state index in [1.54, 1.807) is 0 Å². The van der Waals surface area contributed by atoms with Gasteiger partial charge in [-0.05, 0) is 35.4 Å². The van der Waals surface area contributed by atoms with E-state index >= 15 is 0 Å². The molecule has 0 aromatic heterocycles. The highest BCUT2D eigenvalue weighted by molar-refractivity contribution is 5.92. The molecule has 0 heterocycles. The fourth-order valence-corrected chi connectivity index (χ4v) is 1.76. The summed E-state index contributed by atoms with van der Waals surface area (Å²) in [5.74, 6) is -1.79. The second kappa shape index (κ2) is 4.88. The largest absolute Gasteiger partial charge is 0.507 e. The minimum Gasteiger partial charge on any atom is -0.507 e. The summed E-state index contributed by atoms with van der Waals surface area (Å²) >= 11 is 0. The number of carboxylic acids is 1. The number of phenols is 1. The van der Waals surface area contributed by atoms with Gasteiger partial charge in [0.25, 0.3) is 0 Å². The Morgan fingerprint density at radius 2 is 1.65 bits per heavy atom. The normalized spacial score (nSPS) is 11.3. The van der Waals surface area contributed by atoms with Gasteiger partial charge in [0.15, 0.2) is 0 Å². The summed E-state index contributed by atoms with van der Waals surface area (Å²) in [6.07, 6.45) is -4.47. The molecule has 6 heteroatoms. The Labute approximate surface area is 111 Å². The smallest absolute Gasteiger partial charge is 0.416 e. The molecule has 0 amide bonds. The number of carbonyl (C=O) groups is 1. The van der Waals surface area contributed by atoms with Gasteiger partial charge in [-0.15, -0.1) is 0 Å². The van der Waals surface area contributed by atoms with Crippen LogP contribution in [0.15, 0.2) is 42.5 Å². The van der Waals surface area contributed by atoms with Crippen molar-refractivity contribution in [3.63, 3.8) is 0 Å². The number of hydrogen-bond acceptors (Lipinski definition) is 2. The van der Waals surface area contributed by atoms with E-state index in [0.29, 0.717) is 0 Å². The molecule has 0 bridgehead atoms. The summed E-state index contributed by atoms with van der Waals surface area (Å²) in [6.45, 7) is 0. The monoisotopic (exact) mass is 282 g/mol. The zero-order chi connectivity index (χ0) is 14.9. The van der Waals surface area contributed by atoms with Crippen molar-refractivity contribution in [3.8, 4) is 16.9 Å². The van der Waals surface area contributed by atoms with Crippen LogP contribution >= 0.6 is 0 Å². The van der Waals surface area contributed by atoms with E-state index in [9.17, 15) is 23.1 Å². The van der Waals surface area contributed by atoms with Crippen LogP contribution in [0.2, 0.25) is 0 Å². The van der Waals surface area contributed by atoms with Gasteiger partial charge in [-0.2, -0.15) is 13.2 Å². The number of rotatable bonds is 2. The number of benzene rings is 2. The number of alkyl halides is 3. The molecule has 0 unspecified atom stereocenters. The lowest BCUT2D eigenvalue weighted by Crippen LogP contribution is -2.04. The molecule has 2 rings (SSSR count). The van der Waals surface area contributed by atoms with Crippen molar-refractivity contribution in [2.75, 3.05) is 0 Å². The summed E-state index contributed by atoms with van der Waals surface area (Å²) in [5.41, 5.74) is -0.673. The van der Waals surface area contributed by atoms with E-state index in [0.717, 1.165) is 24.3 Å². The van der Waals surface area contributed by atoms with Crippen LogP contribution in [0.5, 0.6) is 5.75 Å². The highest BCUT2D eigenvalue weighted by atomic mass is 19.4. The Morgan fingerprint density at radius 1 is 1.00 bits per heavy atom. The molecule has 0 atom stereocenters.